The van der Waals surface area contributed by atoms with E-state index in [4.69, 9.17) is 11.2 Å². The fourth-order valence-corrected chi connectivity index (χ4v) is 1.58. The fraction of sp³-hybridized carbons (Fsp3) is 0.400. The number of amides is 1. The Hall–Kier alpha value is -1.95. The minimum absolute atomic E-state index is 0.0974. The Kier molecular flexibility index (Phi) is 6.42. The first-order valence-corrected chi connectivity index (χ1v) is 6.23. The Morgan fingerprint density at radius 2 is 2.17 bits per heavy atom. The zero-order valence-corrected chi connectivity index (χ0v) is 10.7. The van der Waals surface area contributed by atoms with Gasteiger partial charge in [0.05, 0.1) is 12.2 Å². The van der Waals surface area contributed by atoms with Crippen LogP contribution >= 0.6 is 0 Å². The lowest BCUT2D eigenvalue weighted by molar-refractivity contribution is 0.0949. The van der Waals surface area contributed by atoms with Gasteiger partial charge < -0.3 is 10.1 Å². The van der Waals surface area contributed by atoms with Gasteiger partial charge in [-0.1, -0.05) is 12.1 Å². The maximum absolute atomic E-state index is 11.9. The minimum atomic E-state index is -0.0974. The molecule has 1 rings (SSSR count). The Morgan fingerprint density at radius 3 is 2.89 bits per heavy atom. The van der Waals surface area contributed by atoms with Gasteiger partial charge in [0.2, 0.25) is 0 Å². The number of benzene rings is 1. The molecule has 18 heavy (non-hydrogen) atoms. The summed E-state index contributed by atoms with van der Waals surface area (Å²) in [7, 11) is 0. The highest BCUT2D eigenvalue weighted by molar-refractivity contribution is 5.96. The van der Waals surface area contributed by atoms with Gasteiger partial charge in [-0.15, -0.1) is 12.3 Å². The minimum Gasteiger partial charge on any atom is -0.493 e. The second-order valence-electron chi connectivity index (χ2n) is 3.85. The maximum Gasteiger partial charge on any atom is 0.255 e. The van der Waals surface area contributed by atoms with Crippen LogP contribution in [0.5, 0.6) is 5.75 Å². The molecule has 0 fully saturated rings. The summed E-state index contributed by atoms with van der Waals surface area (Å²) in [6.07, 6.45) is 7.75. The third kappa shape index (κ3) is 4.50. The van der Waals surface area contributed by atoms with Crippen molar-refractivity contribution in [3.8, 4) is 18.1 Å². The lowest BCUT2D eigenvalue weighted by Gasteiger charge is -2.10. The highest BCUT2D eigenvalue weighted by atomic mass is 16.5. The number of hydrogen-bond acceptors (Lipinski definition) is 2. The first-order valence-electron chi connectivity index (χ1n) is 6.23. The van der Waals surface area contributed by atoms with E-state index in [2.05, 4.69) is 11.2 Å². The van der Waals surface area contributed by atoms with Gasteiger partial charge in [0.25, 0.3) is 5.91 Å². The second kappa shape index (κ2) is 8.19. The maximum atomic E-state index is 11.9. The Morgan fingerprint density at radius 1 is 1.39 bits per heavy atom. The van der Waals surface area contributed by atoms with E-state index < -0.39 is 0 Å². The molecule has 0 aliphatic carbocycles. The van der Waals surface area contributed by atoms with E-state index in [1.165, 1.54) is 0 Å². The number of unbranched alkanes of at least 4 members (excludes halogenated alkanes) is 2. The van der Waals surface area contributed by atoms with Crippen molar-refractivity contribution in [1.82, 2.24) is 5.32 Å². The van der Waals surface area contributed by atoms with Gasteiger partial charge in [0.15, 0.2) is 0 Å². The first kappa shape index (κ1) is 14.1. The summed E-state index contributed by atoms with van der Waals surface area (Å²) in [5.41, 5.74) is 0.580. The fourth-order valence-electron chi connectivity index (χ4n) is 1.58. The summed E-state index contributed by atoms with van der Waals surface area (Å²) in [6.45, 7) is 3.09. The SMILES string of the molecule is C#CCCCCNC(=O)c1ccccc1OCC. The van der Waals surface area contributed by atoms with Crippen LogP contribution in [-0.2, 0) is 0 Å². The smallest absolute Gasteiger partial charge is 0.255 e. The van der Waals surface area contributed by atoms with Crippen LogP contribution < -0.4 is 10.1 Å². The number of rotatable bonds is 7. The Bertz CT molecular complexity index is 421. The lowest BCUT2D eigenvalue weighted by atomic mass is 10.2. The van der Waals surface area contributed by atoms with Crippen molar-refractivity contribution in [2.45, 2.75) is 26.2 Å². The van der Waals surface area contributed by atoms with Crippen molar-refractivity contribution in [1.29, 1.82) is 0 Å². The number of para-hydroxylation sites is 1. The van der Waals surface area contributed by atoms with Crippen molar-refractivity contribution < 1.29 is 9.53 Å². The van der Waals surface area contributed by atoms with Gasteiger partial charge in [0.1, 0.15) is 5.75 Å². The van der Waals surface area contributed by atoms with Crippen LogP contribution in [0.2, 0.25) is 0 Å². The molecule has 0 atom stereocenters. The molecule has 1 aromatic carbocycles. The van der Waals surface area contributed by atoms with Crippen LogP contribution in [0.4, 0.5) is 0 Å². The molecule has 1 aromatic rings. The van der Waals surface area contributed by atoms with E-state index in [0.717, 1.165) is 19.3 Å². The van der Waals surface area contributed by atoms with E-state index in [9.17, 15) is 4.79 Å². The molecule has 1 amide bonds. The second-order valence-corrected chi connectivity index (χ2v) is 3.85. The predicted octanol–water partition coefficient (Wildman–Crippen LogP) is 2.62. The zero-order chi connectivity index (χ0) is 13.2. The molecule has 3 heteroatoms. The number of nitrogens with one attached hydrogen (secondary N) is 1. The summed E-state index contributed by atoms with van der Waals surface area (Å²) in [5, 5.41) is 2.87. The predicted molar refractivity (Wildman–Crippen MR) is 72.6 cm³/mol. The summed E-state index contributed by atoms with van der Waals surface area (Å²) >= 11 is 0. The third-order valence-electron chi connectivity index (χ3n) is 2.46. The van der Waals surface area contributed by atoms with Crippen molar-refractivity contribution in [3.05, 3.63) is 29.8 Å². The van der Waals surface area contributed by atoms with Gasteiger partial charge in [-0.05, 0) is 31.9 Å². The number of ether oxygens (including phenoxy) is 1. The summed E-state index contributed by atoms with van der Waals surface area (Å²) in [6, 6.07) is 7.25. The zero-order valence-electron chi connectivity index (χ0n) is 10.7. The number of carbonyl (C=O) groups is 1. The summed E-state index contributed by atoms with van der Waals surface area (Å²) in [5.74, 6) is 3.11. The molecule has 0 radical (unpaired) electrons. The molecular weight excluding hydrogens is 226 g/mol. The first-order chi connectivity index (χ1) is 8.79. The van der Waals surface area contributed by atoms with Crippen molar-refractivity contribution in [2.75, 3.05) is 13.2 Å². The molecule has 0 saturated carbocycles. The van der Waals surface area contributed by atoms with Crippen LogP contribution in [0.3, 0.4) is 0 Å². The van der Waals surface area contributed by atoms with Crippen LogP contribution in [0.1, 0.15) is 36.5 Å². The average molecular weight is 245 g/mol. The topological polar surface area (TPSA) is 38.3 Å². The van der Waals surface area contributed by atoms with Gasteiger partial charge in [-0.2, -0.15) is 0 Å². The molecule has 0 aliphatic heterocycles. The van der Waals surface area contributed by atoms with E-state index in [-0.39, 0.29) is 5.91 Å². The van der Waals surface area contributed by atoms with Gasteiger partial charge in [-0.3, -0.25) is 4.79 Å². The average Bonchev–Trinajstić information content (AvgIpc) is 2.39. The monoisotopic (exact) mass is 245 g/mol. The van der Waals surface area contributed by atoms with Crippen molar-refractivity contribution in [2.24, 2.45) is 0 Å². The van der Waals surface area contributed by atoms with E-state index in [1.807, 2.05) is 19.1 Å². The molecule has 0 spiro atoms. The molecular formula is C15H19NO2. The van der Waals surface area contributed by atoms with Crippen LogP contribution in [-0.4, -0.2) is 19.1 Å². The van der Waals surface area contributed by atoms with Gasteiger partial charge in [0, 0.05) is 13.0 Å². The molecule has 0 saturated heterocycles. The lowest BCUT2D eigenvalue weighted by Crippen LogP contribution is -2.25. The molecule has 0 aromatic heterocycles. The third-order valence-corrected chi connectivity index (χ3v) is 2.46. The van der Waals surface area contributed by atoms with Crippen molar-refractivity contribution in [3.63, 3.8) is 0 Å². The number of carbonyl (C=O) groups excluding carboxylic acids is 1. The van der Waals surface area contributed by atoms with Gasteiger partial charge >= 0.3 is 0 Å². The highest BCUT2D eigenvalue weighted by Crippen LogP contribution is 2.17. The molecule has 1 N–H and O–H groups in total. The van der Waals surface area contributed by atoms with E-state index in [1.54, 1.807) is 12.1 Å². The Balaban J connectivity index is 2.48. The van der Waals surface area contributed by atoms with Crippen molar-refractivity contribution >= 4 is 5.91 Å². The van der Waals surface area contributed by atoms with Gasteiger partial charge in [-0.25, -0.2) is 0 Å². The summed E-state index contributed by atoms with van der Waals surface area (Å²) < 4.78 is 5.42. The quantitative estimate of drug-likeness (QED) is 0.592. The molecule has 96 valence electrons. The standard InChI is InChI=1S/C15H19NO2/c1-3-5-6-9-12-16-15(17)13-10-7-8-11-14(13)18-4-2/h1,7-8,10-11H,4-6,9,12H2,2H3,(H,16,17). The highest BCUT2D eigenvalue weighted by Gasteiger charge is 2.10. The molecule has 0 aliphatic rings. The van der Waals surface area contributed by atoms with E-state index >= 15 is 0 Å². The molecule has 0 heterocycles. The van der Waals surface area contributed by atoms with Crippen LogP contribution in [0, 0.1) is 12.3 Å². The van der Waals surface area contributed by atoms with Crippen LogP contribution in [0.15, 0.2) is 24.3 Å². The molecule has 0 unspecified atom stereocenters. The molecule has 3 nitrogen and oxygen atoms in total. The Labute approximate surface area is 109 Å². The molecule has 0 bridgehead atoms. The normalized spacial score (nSPS) is 9.56. The summed E-state index contributed by atoms with van der Waals surface area (Å²) in [4.78, 5) is 11.9. The largest absolute Gasteiger partial charge is 0.493 e. The van der Waals surface area contributed by atoms with E-state index in [0.29, 0.717) is 24.5 Å². The van der Waals surface area contributed by atoms with Crippen LogP contribution in [0.25, 0.3) is 0 Å². The number of hydrogen-bond donors (Lipinski definition) is 1. The number of terminal acetylenes is 1.